The number of hydrogen-bond donors (Lipinski definition) is 2. The first kappa shape index (κ1) is 11.0. The molecule has 0 heterocycles. The molecule has 3 N–H and O–H groups in total. The minimum atomic E-state index is 0.170. The number of nitrogens with two attached hydrogens (primary N) is 1. The summed E-state index contributed by atoms with van der Waals surface area (Å²) in [4.78, 5) is 0. The molecule has 0 radical (unpaired) electrons. The molecule has 3 heteroatoms. The van der Waals surface area contributed by atoms with Gasteiger partial charge in [-0.3, -0.25) is 11.3 Å². The third kappa shape index (κ3) is 3.01. The summed E-state index contributed by atoms with van der Waals surface area (Å²) in [6.45, 7) is 6.04. The Morgan fingerprint density at radius 1 is 1.14 bits per heavy atom. The fourth-order valence-electron chi connectivity index (χ4n) is 1.20. The molecule has 0 saturated carbocycles. The van der Waals surface area contributed by atoms with Crippen molar-refractivity contribution in [3.8, 4) is 5.75 Å². The molecule has 0 amide bonds. The highest BCUT2D eigenvalue weighted by Crippen LogP contribution is 2.17. The Balaban J connectivity index is 2.68. The largest absolute Gasteiger partial charge is 0.491 e. The molecule has 14 heavy (non-hydrogen) atoms. The van der Waals surface area contributed by atoms with Gasteiger partial charge in [-0.05, 0) is 38.5 Å². The van der Waals surface area contributed by atoms with Crippen LogP contribution in [0.4, 0.5) is 0 Å². The van der Waals surface area contributed by atoms with Crippen LogP contribution >= 0.6 is 0 Å². The minimum absolute atomic E-state index is 0.170. The summed E-state index contributed by atoms with van der Waals surface area (Å²) in [6.07, 6.45) is 0.214. The Morgan fingerprint density at radius 3 is 2.14 bits per heavy atom. The lowest BCUT2D eigenvalue weighted by atomic mass is 10.1. The van der Waals surface area contributed by atoms with Crippen LogP contribution in [0.5, 0.6) is 5.75 Å². The Hall–Kier alpha value is -1.06. The van der Waals surface area contributed by atoms with E-state index < -0.39 is 0 Å². The maximum atomic E-state index is 5.53. The lowest BCUT2D eigenvalue weighted by Gasteiger charge is -2.13. The molecule has 0 unspecified atom stereocenters. The summed E-state index contributed by atoms with van der Waals surface area (Å²) in [5.74, 6) is 6.24. The summed E-state index contributed by atoms with van der Waals surface area (Å²) < 4.78 is 5.53. The van der Waals surface area contributed by atoms with Crippen LogP contribution in [-0.4, -0.2) is 6.10 Å². The minimum Gasteiger partial charge on any atom is -0.491 e. The molecule has 0 fully saturated rings. The predicted molar refractivity (Wildman–Crippen MR) is 57.9 cm³/mol. The van der Waals surface area contributed by atoms with E-state index in [1.165, 1.54) is 0 Å². The van der Waals surface area contributed by atoms with Crippen LogP contribution < -0.4 is 16.0 Å². The Labute approximate surface area is 85.2 Å². The smallest absolute Gasteiger partial charge is 0.119 e. The Kier molecular flexibility index (Phi) is 3.92. The zero-order valence-corrected chi connectivity index (χ0v) is 8.95. The molecule has 1 atom stereocenters. The highest BCUT2D eigenvalue weighted by Gasteiger charge is 2.03. The van der Waals surface area contributed by atoms with E-state index in [1.54, 1.807) is 0 Å². The third-order valence-electron chi connectivity index (χ3n) is 2.00. The molecule has 78 valence electrons. The molecular formula is C11H18N2O. The van der Waals surface area contributed by atoms with Crippen molar-refractivity contribution in [1.29, 1.82) is 0 Å². The molecule has 0 aliphatic rings. The van der Waals surface area contributed by atoms with Crippen LogP contribution in [0.2, 0.25) is 0 Å². The second-order valence-electron chi connectivity index (χ2n) is 3.62. The summed E-state index contributed by atoms with van der Waals surface area (Å²) in [5.41, 5.74) is 3.86. The molecular weight excluding hydrogens is 176 g/mol. The van der Waals surface area contributed by atoms with Crippen LogP contribution in [0.15, 0.2) is 24.3 Å². The van der Waals surface area contributed by atoms with Crippen molar-refractivity contribution in [2.45, 2.75) is 32.9 Å². The fraction of sp³-hybridized carbons (Fsp3) is 0.455. The van der Waals surface area contributed by atoms with Crippen molar-refractivity contribution in [3.05, 3.63) is 29.8 Å². The molecule has 0 saturated heterocycles. The SMILES string of the molecule is CC(C)Oc1ccc([C@@H](C)NN)cc1. The molecule has 1 aromatic rings. The lowest BCUT2D eigenvalue weighted by molar-refractivity contribution is 0.242. The molecule has 0 aromatic heterocycles. The van der Waals surface area contributed by atoms with Gasteiger partial charge in [0, 0.05) is 6.04 Å². The first-order chi connectivity index (χ1) is 6.63. The number of hydrogen-bond acceptors (Lipinski definition) is 3. The fourth-order valence-corrected chi connectivity index (χ4v) is 1.20. The van der Waals surface area contributed by atoms with Crippen molar-refractivity contribution in [2.75, 3.05) is 0 Å². The predicted octanol–water partition coefficient (Wildman–Crippen LogP) is 2.00. The van der Waals surface area contributed by atoms with Crippen LogP contribution in [0, 0.1) is 0 Å². The highest BCUT2D eigenvalue weighted by atomic mass is 16.5. The van der Waals surface area contributed by atoms with E-state index in [2.05, 4.69) is 5.43 Å². The zero-order chi connectivity index (χ0) is 10.6. The number of rotatable bonds is 4. The van der Waals surface area contributed by atoms with E-state index >= 15 is 0 Å². The molecule has 0 bridgehead atoms. The second kappa shape index (κ2) is 4.98. The maximum absolute atomic E-state index is 5.53. The molecule has 3 nitrogen and oxygen atoms in total. The monoisotopic (exact) mass is 194 g/mol. The number of benzene rings is 1. The summed E-state index contributed by atoms with van der Waals surface area (Å²) in [5, 5.41) is 0. The van der Waals surface area contributed by atoms with Gasteiger partial charge in [-0.15, -0.1) is 0 Å². The van der Waals surface area contributed by atoms with E-state index in [9.17, 15) is 0 Å². The van der Waals surface area contributed by atoms with Crippen molar-refractivity contribution >= 4 is 0 Å². The van der Waals surface area contributed by atoms with Crippen molar-refractivity contribution in [1.82, 2.24) is 5.43 Å². The standard InChI is InChI=1S/C11H18N2O/c1-8(2)14-11-6-4-10(5-7-11)9(3)13-12/h4-9,13H,12H2,1-3H3/t9-/m1/s1. The first-order valence-corrected chi connectivity index (χ1v) is 4.86. The van der Waals surface area contributed by atoms with Gasteiger partial charge in [0.25, 0.3) is 0 Å². The van der Waals surface area contributed by atoms with Crippen LogP contribution in [0.1, 0.15) is 32.4 Å². The van der Waals surface area contributed by atoms with Crippen molar-refractivity contribution in [2.24, 2.45) is 5.84 Å². The van der Waals surface area contributed by atoms with E-state index in [0.29, 0.717) is 0 Å². The van der Waals surface area contributed by atoms with Crippen molar-refractivity contribution < 1.29 is 4.74 Å². The number of nitrogens with one attached hydrogen (secondary N) is 1. The average molecular weight is 194 g/mol. The quantitative estimate of drug-likeness (QED) is 0.569. The normalized spacial score (nSPS) is 12.9. The molecule has 0 spiro atoms. The van der Waals surface area contributed by atoms with E-state index in [4.69, 9.17) is 10.6 Å². The third-order valence-corrected chi connectivity index (χ3v) is 2.00. The molecule has 1 rings (SSSR count). The zero-order valence-electron chi connectivity index (χ0n) is 8.95. The van der Waals surface area contributed by atoms with Crippen LogP contribution in [0.25, 0.3) is 0 Å². The topological polar surface area (TPSA) is 47.3 Å². The Bertz CT molecular complexity index is 269. The van der Waals surface area contributed by atoms with Gasteiger partial charge in [-0.25, -0.2) is 0 Å². The van der Waals surface area contributed by atoms with E-state index in [1.807, 2.05) is 45.0 Å². The second-order valence-corrected chi connectivity index (χ2v) is 3.62. The van der Waals surface area contributed by atoms with Crippen LogP contribution in [0.3, 0.4) is 0 Å². The summed E-state index contributed by atoms with van der Waals surface area (Å²) in [6, 6.07) is 8.12. The molecule has 0 aliphatic carbocycles. The van der Waals surface area contributed by atoms with E-state index in [0.717, 1.165) is 11.3 Å². The lowest BCUT2D eigenvalue weighted by Crippen LogP contribution is -2.25. The van der Waals surface area contributed by atoms with Crippen LogP contribution in [-0.2, 0) is 0 Å². The molecule has 1 aromatic carbocycles. The first-order valence-electron chi connectivity index (χ1n) is 4.86. The van der Waals surface area contributed by atoms with Gasteiger partial charge < -0.3 is 4.74 Å². The summed E-state index contributed by atoms with van der Waals surface area (Å²) in [7, 11) is 0. The number of ether oxygens (including phenoxy) is 1. The maximum Gasteiger partial charge on any atom is 0.119 e. The van der Waals surface area contributed by atoms with Gasteiger partial charge in [-0.1, -0.05) is 12.1 Å². The van der Waals surface area contributed by atoms with Gasteiger partial charge in [-0.2, -0.15) is 0 Å². The highest BCUT2D eigenvalue weighted by molar-refractivity contribution is 5.28. The van der Waals surface area contributed by atoms with Gasteiger partial charge in [0.05, 0.1) is 6.10 Å². The van der Waals surface area contributed by atoms with Gasteiger partial charge in [0.1, 0.15) is 5.75 Å². The van der Waals surface area contributed by atoms with Gasteiger partial charge in [0.15, 0.2) is 0 Å². The molecule has 0 aliphatic heterocycles. The van der Waals surface area contributed by atoms with Gasteiger partial charge in [0.2, 0.25) is 0 Å². The number of hydrazine groups is 1. The summed E-state index contributed by atoms with van der Waals surface area (Å²) >= 11 is 0. The Morgan fingerprint density at radius 2 is 1.71 bits per heavy atom. The van der Waals surface area contributed by atoms with E-state index in [-0.39, 0.29) is 12.1 Å². The average Bonchev–Trinajstić information content (AvgIpc) is 2.17. The van der Waals surface area contributed by atoms with Gasteiger partial charge >= 0.3 is 0 Å². The van der Waals surface area contributed by atoms with Crippen molar-refractivity contribution in [3.63, 3.8) is 0 Å².